The van der Waals surface area contributed by atoms with Crippen LogP contribution in [-0.2, 0) is 23.7 Å². The number of benzene rings is 2. The lowest BCUT2D eigenvalue weighted by atomic mass is 10.1. The Kier molecular flexibility index (Phi) is 17.1. The van der Waals surface area contributed by atoms with E-state index in [4.69, 9.17) is 36.0 Å². The van der Waals surface area contributed by atoms with Crippen LogP contribution in [0.3, 0.4) is 0 Å². The van der Waals surface area contributed by atoms with Crippen LogP contribution in [0.4, 0.5) is 25.8 Å². The molecule has 2 aliphatic heterocycles. The molecule has 6 atom stereocenters. The molecule has 2 saturated carbocycles. The summed E-state index contributed by atoms with van der Waals surface area (Å²) in [7, 11) is 3.49. The second-order valence-corrected chi connectivity index (χ2v) is 10.8. The molecule has 4 fully saturated rings. The molecule has 2 N–H and O–H groups in total. The number of hydrogen-bond acceptors (Lipinski definition) is 16. The van der Waals surface area contributed by atoms with E-state index in [1.54, 1.807) is 0 Å². The number of nitrogens with zero attached hydrogens (tertiary/aromatic N) is 2. The molecule has 2 unspecified atom stereocenters. The Bertz CT molecular complexity index is 1360. The summed E-state index contributed by atoms with van der Waals surface area (Å²) in [6.45, 7) is 0.833. The molecular formula is C30H37ClN2O16. The molecule has 0 amide bonds. The number of non-ortho nitro benzene ring substituents is 2. The normalized spacial score (nSPS) is 22.7. The molecular weight excluding hydrogens is 680 g/mol. The number of carbonyl (C=O) groups excluding carboxylic acids is 3. The standard InChI is InChI=1S/C8H7NO5.C8H12O4.C7H4ClNO4.C6H10O2.CH4O/c1-13-8(10)14-7-4-2-6(3-5-7)9(11)12;1-10-8(9)11-4-5-2-6-7(3-5)12-6;8-7(10)13-6-3-1-5(2-4-6)9(11)12;7-3-4-1-5-6(2-4)8-5;1-2/h2-5H,1H3;5-7H,2-4H2,1H3;1-4H;4-7H,1-3H2;2H,1H3/t;5?,6-,7+;;4?,5-,6+;. The van der Waals surface area contributed by atoms with Crippen LogP contribution in [0.2, 0.25) is 0 Å². The van der Waals surface area contributed by atoms with Gasteiger partial charge in [0.05, 0.1) is 55.1 Å². The minimum atomic E-state index is -0.978. The van der Waals surface area contributed by atoms with Gasteiger partial charge in [0.2, 0.25) is 0 Å². The number of epoxide rings is 2. The first kappa shape index (κ1) is 40.6. The van der Waals surface area contributed by atoms with E-state index in [1.165, 1.54) is 62.8 Å². The third-order valence-corrected chi connectivity index (χ3v) is 7.24. The first-order valence-corrected chi connectivity index (χ1v) is 15.0. The maximum absolute atomic E-state index is 10.6. The number of nitro benzene ring substituents is 2. The third-order valence-electron chi connectivity index (χ3n) is 7.16. The fraction of sp³-hybridized carbons (Fsp3) is 0.500. The molecule has 6 rings (SSSR count). The Hall–Kier alpha value is -4.62. The molecule has 0 aromatic heterocycles. The van der Waals surface area contributed by atoms with Gasteiger partial charge in [-0.3, -0.25) is 20.2 Å². The van der Waals surface area contributed by atoms with Crippen LogP contribution in [0.15, 0.2) is 48.5 Å². The smallest absolute Gasteiger partial charge is 0.438 e. The van der Waals surface area contributed by atoms with Crippen molar-refractivity contribution < 1.29 is 67.6 Å². The topological polar surface area (TPSA) is 249 Å². The van der Waals surface area contributed by atoms with Crippen LogP contribution in [0.1, 0.15) is 25.7 Å². The fourth-order valence-electron chi connectivity index (χ4n) is 4.73. The van der Waals surface area contributed by atoms with Gasteiger partial charge < -0.3 is 43.4 Å². The predicted molar refractivity (Wildman–Crippen MR) is 167 cm³/mol. The van der Waals surface area contributed by atoms with E-state index >= 15 is 0 Å². The van der Waals surface area contributed by atoms with Gasteiger partial charge in [-0.05, 0) is 61.8 Å². The van der Waals surface area contributed by atoms with Crippen molar-refractivity contribution in [2.75, 3.05) is 34.5 Å². The number of halogens is 1. The van der Waals surface area contributed by atoms with E-state index in [-0.39, 0.29) is 22.9 Å². The Morgan fingerprint density at radius 2 is 1.12 bits per heavy atom. The van der Waals surface area contributed by atoms with Gasteiger partial charge in [0, 0.05) is 49.6 Å². The molecule has 270 valence electrons. The lowest BCUT2D eigenvalue weighted by molar-refractivity contribution is -0.385. The molecule has 2 heterocycles. The summed E-state index contributed by atoms with van der Waals surface area (Å²) in [6.07, 6.45) is 4.79. The lowest BCUT2D eigenvalue weighted by Gasteiger charge is -2.10. The van der Waals surface area contributed by atoms with Crippen molar-refractivity contribution in [1.29, 1.82) is 0 Å². The van der Waals surface area contributed by atoms with Crippen LogP contribution in [0.5, 0.6) is 11.5 Å². The van der Waals surface area contributed by atoms with Gasteiger partial charge in [-0.15, -0.1) is 0 Å². The fourth-order valence-corrected chi connectivity index (χ4v) is 4.82. The summed E-state index contributed by atoms with van der Waals surface area (Å²) in [6, 6.07) is 10.1. The molecule has 2 aromatic rings. The van der Waals surface area contributed by atoms with Crippen molar-refractivity contribution in [1.82, 2.24) is 0 Å². The van der Waals surface area contributed by atoms with Crippen LogP contribution in [0, 0.1) is 32.1 Å². The average molecular weight is 717 g/mol. The van der Waals surface area contributed by atoms with Crippen molar-refractivity contribution in [2.45, 2.75) is 50.1 Å². The maximum Gasteiger partial charge on any atom is 0.513 e. The number of carbonyl (C=O) groups is 3. The summed E-state index contributed by atoms with van der Waals surface area (Å²) in [4.78, 5) is 50.8. The highest BCUT2D eigenvalue weighted by Gasteiger charge is 2.48. The van der Waals surface area contributed by atoms with E-state index in [0.29, 0.717) is 49.5 Å². The number of aliphatic hydroxyl groups is 2. The SMILES string of the molecule is CO.COC(=O)OCC1C[C@@H]2O[C@@H]2C1.COC(=O)Oc1ccc([N+](=O)[O-])cc1.O=C(Cl)Oc1ccc([N+](=O)[O-])cc1.OCC1C[C@@H]2O[C@@H]2C1. The van der Waals surface area contributed by atoms with Crippen LogP contribution < -0.4 is 9.47 Å². The number of methoxy groups -OCH3 is 2. The van der Waals surface area contributed by atoms with Gasteiger partial charge in [-0.25, -0.2) is 14.4 Å². The molecule has 4 aliphatic rings. The maximum atomic E-state index is 10.6. The monoisotopic (exact) mass is 716 g/mol. The van der Waals surface area contributed by atoms with Gasteiger partial charge in [-0.2, -0.15) is 0 Å². The van der Waals surface area contributed by atoms with Crippen molar-refractivity contribution in [3.8, 4) is 11.5 Å². The summed E-state index contributed by atoms with van der Waals surface area (Å²) in [5.74, 6) is 1.40. The Morgan fingerprint density at radius 1 is 0.735 bits per heavy atom. The van der Waals surface area contributed by atoms with Crippen LogP contribution in [0.25, 0.3) is 0 Å². The lowest BCUT2D eigenvalue weighted by Crippen LogP contribution is -2.13. The average Bonchev–Trinajstić information content (AvgIpc) is 3.94. The van der Waals surface area contributed by atoms with Crippen molar-refractivity contribution in [3.63, 3.8) is 0 Å². The summed E-state index contributed by atoms with van der Waals surface area (Å²) >= 11 is 4.92. The molecule has 49 heavy (non-hydrogen) atoms. The second kappa shape index (κ2) is 20.7. The summed E-state index contributed by atoms with van der Waals surface area (Å²) in [5.41, 5.74) is -1.12. The molecule has 0 spiro atoms. The Morgan fingerprint density at radius 3 is 1.45 bits per heavy atom. The number of nitro groups is 2. The first-order valence-electron chi connectivity index (χ1n) is 14.6. The van der Waals surface area contributed by atoms with Crippen molar-refractivity contribution >= 4 is 40.7 Å². The molecule has 0 radical (unpaired) electrons. The molecule has 2 aromatic carbocycles. The van der Waals surface area contributed by atoms with Gasteiger partial charge in [0.15, 0.2) is 0 Å². The van der Waals surface area contributed by atoms with E-state index in [2.05, 4.69) is 18.9 Å². The molecule has 18 nitrogen and oxygen atoms in total. The predicted octanol–water partition coefficient (Wildman–Crippen LogP) is 4.78. The van der Waals surface area contributed by atoms with Crippen molar-refractivity contribution in [2.24, 2.45) is 11.8 Å². The van der Waals surface area contributed by atoms with Gasteiger partial charge in [-0.1, -0.05) is 0 Å². The van der Waals surface area contributed by atoms with Gasteiger partial charge in [0.1, 0.15) is 11.5 Å². The third kappa shape index (κ3) is 15.0. The molecule has 2 saturated heterocycles. The minimum Gasteiger partial charge on any atom is -0.438 e. The number of fused-ring (bicyclic) bond motifs is 2. The molecule has 19 heteroatoms. The largest absolute Gasteiger partial charge is 0.513 e. The Labute approximate surface area is 285 Å². The number of ether oxygens (including phenoxy) is 7. The molecule has 2 aliphatic carbocycles. The van der Waals surface area contributed by atoms with Gasteiger partial charge in [0.25, 0.3) is 11.4 Å². The highest BCUT2D eigenvalue weighted by Crippen LogP contribution is 2.42. The van der Waals surface area contributed by atoms with Crippen LogP contribution >= 0.6 is 11.6 Å². The zero-order valence-corrected chi connectivity index (χ0v) is 27.5. The van der Waals surface area contributed by atoms with E-state index in [1.807, 2.05) is 0 Å². The first-order chi connectivity index (χ1) is 23.4. The zero-order valence-electron chi connectivity index (χ0n) is 26.7. The minimum absolute atomic E-state index is 0.0674. The summed E-state index contributed by atoms with van der Waals surface area (Å²) in [5, 5.41) is 36.1. The quantitative estimate of drug-likeness (QED) is 0.0976. The highest BCUT2D eigenvalue weighted by molar-refractivity contribution is 6.61. The van der Waals surface area contributed by atoms with Crippen molar-refractivity contribution in [3.05, 3.63) is 68.8 Å². The molecule has 0 bridgehead atoms. The van der Waals surface area contributed by atoms with E-state index < -0.39 is 27.6 Å². The van der Waals surface area contributed by atoms with E-state index in [9.17, 15) is 34.6 Å². The summed E-state index contributed by atoms with van der Waals surface area (Å²) < 4.78 is 32.9. The highest BCUT2D eigenvalue weighted by atomic mass is 35.5. The van der Waals surface area contributed by atoms with E-state index in [0.717, 1.165) is 32.8 Å². The second-order valence-electron chi connectivity index (χ2n) is 10.4. The number of hydrogen-bond donors (Lipinski definition) is 2. The van der Waals surface area contributed by atoms with Crippen LogP contribution in [-0.4, -0.2) is 96.8 Å². The number of rotatable bonds is 7. The van der Waals surface area contributed by atoms with Gasteiger partial charge >= 0.3 is 17.7 Å². The zero-order chi connectivity index (χ0) is 36.5. The number of aliphatic hydroxyl groups excluding tert-OH is 2. The Balaban J connectivity index is 0.000000226.